The average molecular weight is 248 g/mol. The standard InChI is InChI=1S/C10H12N6S/c1-6-13-8(7-3-11-4-7)2-9(14-6)15-10-16-12-5-17-10/h2,5,7,11H,3-4H2,1H3,(H,13,14,15,16). The van der Waals surface area contributed by atoms with Crippen LogP contribution < -0.4 is 10.6 Å². The highest BCUT2D eigenvalue weighted by molar-refractivity contribution is 7.13. The molecule has 1 aliphatic rings. The zero-order chi connectivity index (χ0) is 11.7. The normalized spacial score (nSPS) is 15.6. The molecule has 0 saturated carbocycles. The lowest BCUT2D eigenvalue weighted by Crippen LogP contribution is -2.40. The van der Waals surface area contributed by atoms with Crippen molar-refractivity contribution >= 4 is 22.3 Å². The van der Waals surface area contributed by atoms with Crippen LogP contribution in [0.2, 0.25) is 0 Å². The number of rotatable bonds is 3. The number of aromatic nitrogens is 4. The maximum atomic E-state index is 4.46. The van der Waals surface area contributed by atoms with Crippen LogP contribution in [-0.4, -0.2) is 33.3 Å². The number of nitrogens with one attached hydrogen (secondary N) is 2. The number of nitrogens with zero attached hydrogens (tertiary/aromatic N) is 4. The van der Waals surface area contributed by atoms with Gasteiger partial charge in [0.15, 0.2) is 0 Å². The predicted octanol–water partition coefficient (Wildman–Crippen LogP) is 1.07. The summed E-state index contributed by atoms with van der Waals surface area (Å²) in [5.74, 6) is 2.07. The van der Waals surface area contributed by atoms with Gasteiger partial charge in [-0.25, -0.2) is 9.97 Å². The van der Waals surface area contributed by atoms with E-state index in [1.54, 1.807) is 5.51 Å². The Balaban J connectivity index is 1.86. The van der Waals surface area contributed by atoms with Crippen molar-refractivity contribution in [1.29, 1.82) is 0 Å². The molecule has 0 spiro atoms. The van der Waals surface area contributed by atoms with Crippen LogP contribution in [-0.2, 0) is 0 Å². The summed E-state index contributed by atoms with van der Waals surface area (Å²) in [6.45, 7) is 3.89. The first-order chi connectivity index (χ1) is 8.31. The van der Waals surface area contributed by atoms with Crippen LogP contribution >= 0.6 is 11.3 Å². The van der Waals surface area contributed by atoms with Crippen LogP contribution in [0, 0.1) is 6.92 Å². The second-order valence-corrected chi connectivity index (χ2v) is 4.78. The molecule has 1 aliphatic heterocycles. The Morgan fingerprint density at radius 3 is 2.94 bits per heavy atom. The molecule has 0 amide bonds. The molecule has 17 heavy (non-hydrogen) atoms. The number of anilines is 2. The van der Waals surface area contributed by atoms with E-state index >= 15 is 0 Å². The van der Waals surface area contributed by atoms with E-state index in [0.29, 0.717) is 5.92 Å². The zero-order valence-electron chi connectivity index (χ0n) is 9.34. The van der Waals surface area contributed by atoms with E-state index in [4.69, 9.17) is 0 Å². The molecule has 3 heterocycles. The van der Waals surface area contributed by atoms with Gasteiger partial charge in [0, 0.05) is 25.1 Å². The first-order valence-electron chi connectivity index (χ1n) is 5.41. The Labute approximate surface area is 103 Å². The van der Waals surface area contributed by atoms with Crippen molar-refractivity contribution in [3.05, 3.63) is 23.1 Å². The molecule has 0 unspecified atom stereocenters. The van der Waals surface area contributed by atoms with Gasteiger partial charge < -0.3 is 10.6 Å². The molecule has 88 valence electrons. The first kappa shape index (κ1) is 10.5. The van der Waals surface area contributed by atoms with E-state index in [9.17, 15) is 0 Å². The van der Waals surface area contributed by atoms with Gasteiger partial charge in [-0.05, 0) is 6.92 Å². The molecule has 7 heteroatoms. The van der Waals surface area contributed by atoms with Gasteiger partial charge in [-0.15, -0.1) is 10.2 Å². The second-order valence-electron chi connectivity index (χ2n) is 3.95. The Kier molecular flexibility index (Phi) is 2.69. The third-order valence-electron chi connectivity index (χ3n) is 2.65. The Bertz CT molecular complexity index is 508. The third kappa shape index (κ3) is 2.25. The Morgan fingerprint density at radius 2 is 2.29 bits per heavy atom. The van der Waals surface area contributed by atoms with Gasteiger partial charge in [-0.3, -0.25) is 0 Å². The fourth-order valence-corrected chi connectivity index (χ4v) is 2.15. The van der Waals surface area contributed by atoms with Gasteiger partial charge in [0.2, 0.25) is 5.13 Å². The summed E-state index contributed by atoms with van der Waals surface area (Å²) in [5.41, 5.74) is 2.77. The summed E-state index contributed by atoms with van der Waals surface area (Å²) < 4.78 is 0. The molecule has 6 nitrogen and oxygen atoms in total. The maximum Gasteiger partial charge on any atom is 0.210 e. The lowest BCUT2D eigenvalue weighted by molar-refractivity contribution is 0.438. The van der Waals surface area contributed by atoms with Crippen LogP contribution in [0.1, 0.15) is 17.4 Å². The molecule has 0 aliphatic carbocycles. The number of aryl methyl sites for hydroxylation is 1. The first-order valence-corrected chi connectivity index (χ1v) is 6.29. The fourth-order valence-electron chi connectivity index (χ4n) is 1.70. The van der Waals surface area contributed by atoms with Gasteiger partial charge >= 0.3 is 0 Å². The third-order valence-corrected chi connectivity index (χ3v) is 3.26. The largest absolute Gasteiger partial charge is 0.315 e. The summed E-state index contributed by atoms with van der Waals surface area (Å²) in [7, 11) is 0. The Morgan fingerprint density at radius 1 is 1.41 bits per heavy atom. The molecule has 1 saturated heterocycles. The predicted molar refractivity (Wildman–Crippen MR) is 65.6 cm³/mol. The fraction of sp³-hybridized carbons (Fsp3) is 0.400. The van der Waals surface area contributed by atoms with E-state index in [1.165, 1.54) is 11.3 Å². The van der Waals surface area contributed by atoms with Crippen molar-refractivity contribution in [2.75, 3.05) is 18.4 Å². The van der Waals surface area contributed by atoms with E-state index in [0.717, 1.165) is 35.6 Å². The lowest BCUT2D eigenvalue weighted by atomic mass is 9.99. The molecule has 3 rings (SSSR count). The van der Waals surface area contributed by atoms with Gasteiger partial charge in [0.1, 0.15) is 17.2 Å². The van der Waals surface area contributed by atoms with Crippen molar-refractivity contribution in [3.8, 4) is 0 Å². The second kappa shape index (κ2) is 4.34. The summed E-state index contributed by atoms with van der Waals surface area (Å²) in [6.07, 6.45) is 0. The van der Waals surface area contributed by atoms with Crippen molar-refractivity contribution < 1.29 is 0 Å². The number of hydrogen-bond acceptors (Lipinski definition) is 7. The van der Waals surface area contributed by atoms with Gasteiger partial charge in [0.05, 0.1) is 5.69 Å². The molecule has 1 fully saturated rings. The SMILES string of the molecule is Cc1nc(Nc2nncs2)cc(C2CNC2)n1. The van der Waals surface area contributed by atoms with E-state index in [1.807, 2.05) is 13.0 Å². The van der Waals surface area contributed by atoms with Crippen LogP contribution in [0.4, 0.5) is 10.9 Å². The highest BCUT2D eigenvalue weighted by Gasteiger charge is 2.21. The van der Waals surface area contributed by atoms with Crippen LogP contribution in [0.25, 0.3) is 0 Å². The van der Waals surface area contributed by atoms with Gasteiger partial charge in [-0.1, -0.05) is 11.3 Å². The smallest absolute Gasteiger partial charge is 0.210 e. The summed E-state index contributed by atoms with van der Waals surface area (Å²) in [5, 5.41) is 14.8. The summed E-state index contributed by atoms with van der Waals surface area (Å²) in [4.78, 5) is 8.81. The molecule has 2 aromatic rings. The van der Waals surface area contributed by atoms with Crippen LogP contribution in [0.5, 0.6) is 0 Å². The zero-order valence-corrected chi connectivity index (χ0v) is 10.2. The minimum Gasteiger partial charge on any atom is -0.315 e. The highest BCUT2D eigenvalue weighted by atomic mass is 32.1. The van der Waals surface area contributed by atoms with E-state index < -0.39 is 0 Å². The van der Waals surface area contributed by atoms with Gasteiger partial charge in [-0.2, -0.15) is 0 Å². The molecule has 0 aromatic carbocycles. The van der Waals surface area contributed by atoms with Crippen molar-refractivity contribution in [3.63, 3.8) is 0 Å². The Hall–Kier alpha value is -1.60. The molecular formula is C10H12N6S. The number of hydrogen-bond donors (Lipinski definition) is 2. The summed E-state index contributed by atoms with van der Waals surface area (Å²) >= 11 is 1.45. The minimum atomic E-state index is 0.506. The lowest BCUT2D eigenvalue weighted by Gasteiger charge is -2.26. The summed E-state index contributed by atoms with van der Waals surface area (Å²) in [6, 6.07) is 1.99. The van der Waals surface area contributed by atoms with E-state index in [-0.39, 0.29) is 0 Å². The monoisotopic (exact) mass is 248 g/mol. The molecular weight excluding hydrogens is 236 g/mol. The van der Waals surface area contributed by atoms with Crippen molar-refractivity contribution in [1.82, 2.24) is 25.5 Å². The van der Waals surface area contributed by atoms with Crippen molar-refractivity contribution in [2.24, 2.45) is 0 Å². The van der Waals surface area contributed by atoms with Crippen LogP contribution in [0.3, 0.4) is 0 Å². The minimum absolute atomic E-state index is 0.506. The molecule has 0 bridgehead atoms. The maximum absolute atomic E-state index is 4.46. The average Bonchev–Trinajstić information content (AvgIpc) is 2.66. The van der Waals surface area contributed by atoms with Crippen molar-refractivity contribution in [2.45, 2.75) is 12.8 Å². The highest BCUT2D eigenvalue weighted by Crippen LogP contribution is 2.22. The molecule has 0 atom stereocenters. The molecule has 0 radical (unpaired) electrons. The topological polar surface area (TPSA) is 75.6 Å². The van der Waals surface area contributed by atoms with E-state index in [2.05, 4.69) is 30.8 Å². The van der Waals surface area contributed by atoms with Gasteiger partial charge in [0.25, 0.3) is 0 Å². The molecule has 2 aromatic heterocycles. The van der Waals surface area contributed by atoms with Crippen LogP contribution in [0.15, 0.2) is 11.6 Å². The molecule has 2 N–H and O–H groups in total. The quantitative estimate of drug-likeness (QED) is 0.846.